The van der Waals surface area contributed by atoms with Crippen molar-refractivity contribution in [2.75, 3.05) is 24.5 Å². The molecule has 2 saturated heterocycles. The molecule has 2 fully saturated rings. The maximum atomic E-state index is 13.3. The maximum Gasteiger partial charge on any atom is 0.275 e. The summed E-state index contributed by atoms with van der Waals surface area (Å²) in [6.07, 6.45) is 6.98. The van der Waals surface area contributed by atoms with Crippen LogP contribution in [0.4, 0.5) is 5.82 Å². The fourth-order valence-electron chi connectivity index (χ4n) is 5.25. The van der Waals surface area contributed by atoms with Crippen LogP contribution < -0.4 is 4.90 Å². The minimum absolute atomic E-state index is 0.0338. The van der Waals surface area contributed by atoms with Gasteiger partial charge in [0.05, 0.1) is 10.4 Å². The summed E-state index contributed by atoms with van der Waals surface area (Å²) in [4.78, 5) is 27.9. The Morgan fingerprint density at radius 1 is 1.06 bits per heavy atom. The van der Waals surface area contributed by atoms with Crippen LogP contribution in [0.2, 0.25) is 0 Å². The second-order valence-corrected chi connectivity index (χ2v) is 9.77. The lowest BCUT2D eigenvalue weighted by atomic mass is 9.87. The van der Waals surface area contributed by atoms with Gasteiger partial charge in [-0.1, -0.05) is 30.5 Å². The molecular weight excluding hydrogens is 408 g/mol. The molecule has 2 aliphatic rings. The van der Waals surface area contributed by atoms with Crippen molar-refractivity contribution in [2.24, 2.45) is 0 Å². The zero-order chi connectivity index (χ0) is 21.4. The lowest BCUT2D eigenvalue weighted by molar-refractivity contribution is 0.0752. The highest BCUT2D eigenvalue weighted by Gasteiger charge is 2.43. The fourth-order valence-corrected chi connectivity index (χ4v) is 5.89. The van der Waals surface area contributed by atoms with Crippen molar-refractivity contribution >= 4 is 34.2 Å². The number of carbonyl (C=O) groups excluding carboxylic acids is 1. The molecule has 0 N–H and O–H groups in total. The van der Waals surface area contributed by atoms with E-state index < -0.39 is 0 Å². The van der Waals surface area contributed by atoms with E-state index in [-0.39, 0.29) is 17.4 Å². The molecular formula is C23H28N6OS. The van der Waals surface area contributed by atoms with Crippen molar-refractivity contribution in [3.8, 4) is 0 Å². The van der Waals surface area contributed by atoms with E-state index in [1.165, 1.54) is 11.5 Å². The number of rotatable bonds is 3. The van der Waals surface area contributed by atoms with Gasteiger partial charge in [0.1, 0.15) is 12.1 Å². The number of amides is 1. The molecule has 0 radical (unpaired) electrons. The van der Waals surface area contributed by atoms with Gasteiger partial charge in [0.25, 0.3) is 5.91 Å². The highest BCUT2D eigenvalue weighted by atomic mass is 32.1. The van der Waals surface area contributed by atoms with Crippen LogP contribution in [0.25, 0.3) is 10.9 Å². The summed E-state index contributed by atoms with van der Waals surface area (Å²) >= 11 is 1.34. The molecule has 1 atom stereocenters. The quantitative estimate of drug-likeness (QED) is 0.610. The van der Waals surface area contributed by atoms with Gasteiger partial charge >= 0.3 is 0 Å². The first-order chi connectivity index (χ1) is 15.1. The summed E-state index contributed by atoms with van der Waals surface area (Å²) in [6.45, 7) is 6.70. The number of para-hydroxylation sites is 1. The summed E-state index contributed by atoms with van der Waals surface area (Å²) in [6, 6.07) is 8.24. The molecule has 0 unspecified atom stereocenters. The second-order valence-electron chi connectivity index (χ2n) is 8.98. The third-order valence-corrected chi connectivity index (χ3v) is 7.84. The van der Waals surface area contributed by atoms with Gasteiger partial charge < -0.3 is 9.80 Å². The lowest BCUT2D eigenvalue weighted by Crippen LogP contribution is -2.45. The number of likely N-dealkylation sites (tertiary alicyclic amines) is 1. The van der Waals surface area contributed by atoms with E-state index in [4.69, 9.17) is 4.98 Å². The molecule has 1 aromatic carbocycles. The van der Waals surface area contributed by atoms with E-state index in [0.717, 1.165) is 73.3 Å². The van der Waals surface area contributed by atoms with Crippen LogP contribution in [-0.2, 0) is 0 Å². The molecule has 0 aliphatic carbocycles. The van der Waals surface area contributed by atoms with Gasteiger partial charge in [-0.25, -0.2) is 9.97 Å². The van der Waals surface area contributed by atoms with Crippen LogP contribution in [0.5, 0.6) is 0 Å². The number of aromatic nitrogens is 4. The maximum absolute atomic E-state index is 13.3. The zero-order valence-corrected chi connectivity index (χ0v) is 18.9. The van der Waals surface area contributed by atoms with E-state index >= 15 is 0 Å². The Labute approximate surface area is 186 Å². The first-order valence-corrected chi connectivity index (χ1v) is 12.0. The molecule has 2 aliphatic heterocycles. The van der Waals surface area contributed by atoms with E-state index in [1.807, 2.05) is 17.0 Å². The van der Waals surface area contributed by atoms with Gasteiger partial charge in [0, 0.05) is 30.6 Å². The van der Waals surface area contributed by atoms with Crippen LogP contribution in [0.15, 0.2) is 30.6 Å². The third-order valence-electron chi connectivity index (χ3n) is 6.82. The zero-order valence-electron chi connectivity index (χ0n) is 18.1. The third kappa shape index (κ3) is 3.56. The average molecular weight is 437 g/mol. The van der Waals surface area contributed by atoms with Crippen LogP contribution in [0.1, 0.15) is 67.2 Å². The lowest BCUT2D eigenvalue weighted by Gasteiger charge is -2.39. The van der Waals surface area contributed by atoms with Crippen LogP contribution in [0, 0.1) is 0 Å². The Hall–Kier alpha value is -2.61. The monoisotopic (exact) mass is 436 g/mol. The molecule has 0 bridgehead atoms. The smallest absolute Gasteiger partial charge is 0.275 e. The Bertz CT molecular complexity index is 1090. The molecule has 8 heteroatoms. The molecule has 4 heterocycles. The molecule has 5 rings (SSSR count). The number of fused-ring (bicyclic) bond motifs is 1. The minimum atomic E-state index is 0.0338. The largest absolute Gasteiger partial charge is 0.350 e. The van der Waals surface area contributed by atoms with Crippen molar-refractivity contribution in [1.82, 2.24) is 24.5 Å². The van der Waals surface area contributed by atoms with Gasteiger partial charge in [-0.15, -0.1) is 5.10 Å². The molecule has 7 nitrogen and oxygen atoms in total. The minimum Gasteiger partial charge on any atom is -0.350 e. The predicted molar refractivity (Wildman–Crippen MR) is 123 cm³/mol. The van der Waals surface area contributed by atoms with Gasteiger partial charge in [0.15, 0.2) is 5.69 Å². The van der Waals surface area contributed by atoms with Gasteiger partial charge in [-0.05, 0) is 61.7 Å². The topological polar surface area (TPSA) is 75.1 Å². The summed E-state index contributed by atoms with van der Waals surface area (Å²) in [5.41, 5.74) is 1.58. The number of hydrogen-bond acceptors (Lipinski definition) is 7. The molecule has 31 heavy (non-hydrogen) atoms. The van der Waals surface area contributed by atoms with Crippen LogP contribution in [-0.4, -0.2) is 55.5 Å². The van der Waals surface area contributed by atoms with Crippen LogP contribution in [0.3, 0.4) is 0 Å². The highest BCUT2D eigenvalue weighted by Crippen LogP contribution is 2.42. The first kappa shape index (κ1) is 20.3. The Kier molecular flexibility index (Phi) is 5.33. The molecule has 1 spiro atoms. The Morgan fingerprint density at radius 2 is 1.87 bits per heavy atom. The number of hydrogen-bond donors (Lipinski definition) is 0. The Morgan fingerprint density at radius 3 is 2.71 bits per heavy atom. The number of nitrogens with zero attached hydrogens (tertiary/aromatic N) is 6. The summed E-state index contributed by atoms with van der Waals surface area (Å²) < 4.78 is 4.06. The van der Waals surface area contributed by atoms with E-state index in [2.05, 4.69) is 45.5 Å². The van der Waals surface area contributed by atoms with E-state index in [1.54, 1.807) is 6.33 Å². The molecule has 162 valence electrons. The number of anilines is 1. The standard InChI is InChI=1S/C23H28N6OS/c1-16(2)20-19(26-27-31-20)22(30)28-12-5-9-23(11-14-28)10-6-13-29(23)21-17-7-3-4-8-18(17)24-15-25-21/h3-4,7-8,15-16H,5-6,9-14H2,1-2H3/t23-/m0/s1. The van der Waals surface area contributed by atoms with Crippen LogP contribution >= 0.6 is 11.5 Å². The SMILES string of the molecule is CC(C)c1snnc1C(=O)N1CCC[C@]2(CCCN2c2ncnc3ccccc23)CC1. The van der Waals surface area contributed by atoms with E-state index in [0.29, 0.717) is 5.69 Å². The number of carbonyl (C=O) groups is 1. The first-order valence-electron chi connectivity index (χ1n) is 11.2. The van der Waals surface area contributed by atoms with Gasteiger partial charge in [0.2, 0.25) is 0 Å². The van der Waals surface area contributed by atoms with Crippen molar-refractivity contribution in [3.63, 3.8) is 0 Å². The van der Waals surface area contributed by atoms with Gasteiger partial charge in [-0.2, -0.15) is 0 Å². The highest BCUT2D eigenvalue weighted by molar-refractivity contribution is 7.05. The number of benzene rings is 1. The molecule has 1 amide bonds. The van der Waals surface area contributed by atoms with Crippen molar-refractivity contribution in [2.45, 2.75) is 57.4 Å². The van der Waals surface area contributed by atoms with Crippen molar-refractivity contribution in [3.05, 3.63) is 41.2 Å². The normalized spacial score (nSPS) is 21.9. The predicted octanol–water partition coefficient (Wildman–Crippen LogP) is 4.27. The Balaban J connectivity index is 1.41. The fraction of sp³-hybridized carbons (Fsp3) is 0.522. The molecule has 2 aromatic heterocycles. The summed E-state index contributed by atoms with van der Waals surface area (Å²) in [5.74, 6) is 1.33. The van der Waals surface area contributed by atoms with E-state index in [9.17, 15) is 4.79 Å². The second kappa shape index (κ2) is 8.15. The molecule has 3 aromatic rings. The van der Waals surface area contributed by atoms with Crippen molar-refractivity contribution in [1.29, 1.82) is 0 Å². The summed E-state index contributed by atoms with van der Waals surface area (Å²) in [5, 5.41) is 5.29. The summed E-state index contributed by atoms with van der Waals surface area (Å²) in [7, 11) is 0. The average Bonchev–Trinajstić information content (AvgIpc) is 3.37. The van der Waals surface area contributed by atoms with Gasteiger partial charge in [-0.3, -0.25) is 4.79 Å². The molecule has 0 saturated carbocycles. The van der Waals surface area contributed by atoms with Crippen molar-refractivity contribution < 1.29 is 4.79 Å².